The Morgan fingerprint density at radius 3 is 2.74 bits per heavy atom. The first-order valence-electron chi connectivity index (χ1n) is 9.52. The molecule has 0 aliphatic carbocycles. The number of thioether (sulfide) groups is 1. The summed E-state index contributed by atoms with van der Waals surface area (Å²) in [5.41, 5.74) is 1.08. The van der Waals surface area contributed by atoms with E-state index in [1.807, 2.05) is 30.0 Å². The molecule has 1 saturated heterocycles. The van der Waals surface area contributed by atoms with Crippen LogP contribution in [0.25, 0.3) is 0 Å². The first kappa shape index (κ1) is 21.7. The number of morpholine rings is 1. The van der Waals surface area contributed by atoms with Crippen molar-refractivity contribution in [2.45, 2.75) is 13.0 Å². The Kier molecular flexibility index (Phi) is 10.3. The van der Waals surface area contributed by atoms with Crippen LogP contribution in [0.15, 0.2) is 41.9 Å². The molecule has 0 spiro atoms. The summed E-state index contributed by atoms with van der Waals surface area (Å²) in [6, 6.07) is 6.87. The van der Waals surface area contributed by atoms with Gasteiger partial charge in [0.2, 0.25) is 0 Å². The second-order valence-electron chi connectivity index (χ2n) is 6.23. The second kappa shape index (κ2) is 12.8. The van der Waals surface area contributed by atoms with E-state index in [9.17, 15) is 4.39 Å². The number of aliphatic imine (C=N–C) groups is 1. The molecule has 2 N–H and O–H groups in total. The molecule has 0 amide bonds. The number of guanidine groups is 1. The van der Waals surface area contributed by atoms with Crippen molar-refractivity contribution in [3.05, 3.63) is 48.3 Å². The molecule has 1 unspecified atom stereocenters. The van der Waals surface area contributed by atoms with Crippen LogP contribution in [0.3, 0.4) is 0 Å². The molecule has 1 aliphatic heterocycles. The van der Waals surface area contributed by atoms with Crippen LogP contribution in [0.2, 0.25) is 0 Å². The Labute approximate surface area is 166 Å². The molecule has 1 atom stereocenters. The van der Waals surface area contributed by atoms with Gasteiger partial charge in [-0.15, -0.1) is 6.58 Å². The minimum atomic E-state index is -0.213. The molecule has 150 valence electrons. The number of hydrogen-bond acceptors (Lipinski definition) is 4. The largest absolute Gasteiger partial charge is 0.379 e. The molecule has 2 rings (SSSR count). The summed E-state index contributed by atoms with van der Waals surface area (Å²) in [6.07, 6.45) is 1.92. The van der Waals surface area contributed by atoms with E-state index >= 15 is 0 Å². The Morgan fingerprint density at radius 1 is 1.33 bits per heavy atom. The van der Waals surface area contributed by atoms with Crippen molar-refractivity contribution in [1.82, 2.24) is 15.5 Å². The van der Waals surface area contributed by atoms with Gasteiger partial charge in [0.05, 0.1) is 25.8 Å². The highest BCUT2D eigenvalue weighted by molar-refractivity contribution is 7.99. The fourth-order valence-corrected chi connectivity index (χ4v) is 3.51. The molecule has 1 fully saturated rings. The first-order valence-corrected chi connectivity index (χ1v) is 10.7. The predicted octanol–water partition coefficient (Wildman–Crippen LogP) is 2.67. The van der Waals surface area contributed by atoms with Crippen LogP contribution in [-0.4, -0.2) is 68.3 Å². The van der Waals surface area contributed by atoms with E-state index in [4.69, 9.17) is 9.73 Å². The van der Waals surface area contributed by atoms with E-state index in [1.54, 1.807) is 0 Å². The van der Waals surface area contributed by atoms with E-state index in [0.29, 0.717) is 6.54 Å². The molecule has 0 aromatic heterocycles. The summed E-state index contributed by atoms with van der Waals surface area (Å²) >= 11 is 1.84. The molecule has 7 heteroatoms. The van der Waals surface area contributed by atoms with Gasteiger partial charge in [0.25, 0.3) is 0 Å². The highest BCUT2D eigenvalue weighted by atomic mass is 32.2. The number of nitrogens with one attached hydrogen (secondary N) is 2. The molecule has 1 aromatic carbocycles. The number of halogens is 1. The lowest BCUT2D eigenvalue weighted by molar-refractivity contribution is 0.0179. The lowest BCUT2D eigenvalue weighted by atomic mass is 10.0. The van der Waals surface area contributed by atoms with Gasteiger partial charge in [0.15, 0.2) is 5.96 Å². The molecule has 0 saturated carbocycles. The van der Waals surface area contributed by atoms with Gasteiger partial charge in [0.1, 0.15) is 5.82 Å². The number of hydrogen-bond donors (Lipinski definition) is 2. The summed E-state index contributed by atoms with van der Waals surface area (Å²) in [6.45, 7) is 11.2. The fraction of sp³-hybridized carbons (Fsp3) is 0.550. The quantitative estimate of drug-likeness (QED) is 0.277. The molecule has 1 heterocycles. The van der Waals surface area contributed by atoms with Crippen molar-refractivity contribution in [2.75, 3.05) is 57.4 Å². The summed E-state index contributed by atoms with van der Waals surface area (Å²) in [7, 11) is 0. The second-order valence-corrected chi connectivity index (χ2v) is 7.38. The Balaban J connectivity index is 2.02. The predicted molar refractivity (Wildman–Crippen MR) is 113 cm³/mol. The molecular formula is C20H31FN4OS. The maximum absolute atomic E-state index is 13.3. The Bertz CT molecular complexity index is 576. The maximum Gasteiger partial charge on any atom is 0.191 e. The number of ether oxygens (including phenoxy) is 1. The number of benzene rings is 1. The van der Waals surface area contributed by atoms with E-state index in [2.05, 4.69) is 29.0 Å². The van der Waals surface area contributed by atoms with Crippen molar-refractivity contribution >= 4 is 17.7 Å². The van der Waals surface area contributed by atoms with Crippen LogP contribution < -0.4 is 10.6 Å². The van der Waals surface area contributed by atoms with E-state index in [0.717, 1.165) is 62.4 Å². The third-order valence-corrected chi connectivity index (χ3v) is 5.25. The van der Waals surface area contributed by atoms with E-state index < -0.39 is 0 Å². The summed E-state index contributed by atoms with van der Waals surface area (Å²) < 4.78 is 18.8. The van der Waals surface area contributed by atoms with E-state index in [1.165, 1.54) is 12.1 Å². The minimum Gasteiger partial charge on any atom is -0.379 e. The number of rotatable bonds is 10. The van der Waals surface area contributed by atoms with E-state index in [-0.39, 0.29) is 11.9 Å². The summed E-state index contributed by atoms with van der Waals surface area (Å²) in [5.74, 6) is 2.56. The maximum atomic E-state index is 13.3. The molecule has 1 aliphatic rings. The smallest absolute Gasteiger partial charge is 0.191 e. The van der Waals surface area contributed by atoms with Crippen LogP contribution in [0.1, 0.15) is 18.5 Å². The fourth-order valence-electron chi connectivity index (χ4n) is 2.93. The zero-order valence-corrected chi connectivity index (χ0v) is 16.9. The average molecular weight is 395 g/mol. The van der Waals surface area contributed by atoms with Crippen LogP contribution in [0, 0.1) is 5.82 Å². The molecule has 5 nitrogen and oxygen atoms in total. The van der Waals surface area contributed by atoms with Gasteiger partial charge in [-0.3, -0.25) is 9.89 Å². The van der Waals surface area contributed by atoms with Crippen molar-refractivity contribution in [3.63, 3.8) is 0 Å². The Hall–Kier alpha value is -1.57. The minimum absolute atomic E-state index is 0.111. The Morgan fingerprint density at radius 2 is 2.07 bits per heavy atom. The zero-order chi connectivity index (χ0) is 19.3. The van der Waals surface area contributed by atoms with Crippen LogP contribution in [0.5, 0.6) is 0 Å². The normalized spacial score (nSPS) is 16.7. The van der Waals surface area contributed by atoms with Gasteiger partial charge < -0.3 is 15.4 Å². The molecular weight excluding hydrogens is 363 g/mol. The third kappa shape index (κ3) is 7.91. The van der Waals surface area contributed by atoms with Gasteiger partial charge >= 0.3 is 0 Å². The number of nitrogens with zero attached hydrogens (tertiary/aromatic N) is 2. The average Bonchev–Trinajstić information content (AvgIpc) is 2.70. The third-order valence-electron chi connectivity index (χ3n) is 4.28. The van der Waals surface area contributed by atoms with Crippen LogP contribution in [-0.2, 0) is 4.74 Å². The topological polar surface area (TPSA) is 48.9 Å². The van der Waals surface area contributed by atoms with Crippen molar-refractivity contribution in [2.24, 2.45) is 4.99 Å². The highest BCUT2D eigenvalue weighted by Crippen LogP contribution is 2.22. The van der Waals surface area contributed by atoms with Gasteiger partial charge in [-0.05, 0) is 24.6 Å². The van der Waals surface area contributed by atoms with Gasteiger partial charge in [-0.1, -0.05) is 18.2 Å². The van der Waals surface area contributed by atoms with Crippen molar-refractivity contribution in [3.8, 4) is 0 Å². The molecule has 27 heavy (non-hydrogen) atoms. The molecule has 0 bridgehead atoms. The highest BCUT2D eigenvalue weighted by Gasteiger charge is 2.22. The van der Waals surface area contributed by atoms with Crippen LogP contribution in [0.4, 0.5) is 4.39 Å². The standard InChI is InChI=1S/C20H31FN4OS/c1-3-14-27-15-9-23-20(22-4-2)24-16-19(25-10-12-26-13-11-25)17-5-7-18(21)8-6-17/h3,5-8,19H,1,4,9-16H2,2H3,(H2,22,23,24). The first-order chi connectivity index (χ1) is 13.2. The lowest BCUT2D eigenvalue weighted by Gasteiger charge is -2.34. The van der Waals surface area contributed by atoms with Gasteiger partial charge in [-0.2, -0.15) is 11.8 Å². The summed E-state index contributed by atoms with van der Waals surface area (Å²) in [5, 5.41) is 6.68. The molecule has 0 radical (unpaired) electrons. The van der Waals surface area contributed by atoms with Crippen molar-refractivity contribution in [1.29, 1.82) is 0 Å². The van der Waals surface area contributed by atoms with Gasteiger partial charge in [0, 0.05) is 37.7 Å². The zero-order valence-electron chi connectivity index (χ0n) is 16.1. The van der Waals surface area contributed by atoms with Gasteiger partial charge in [-0.25, -0.2) is 4.39 Å². The lowest BCUT2D eigenvalue weighted by Crippen LogP contribution is -2.42. The SMILES string of the molecule is C=CCSCCNC(=NCC(c1ccc(F)cc1)N1CCOCC1)NCC. The summed E-state index contributed by atoms with van der Waals surface area (Å²) in [4.78, 5) is 7.16. The van der Waals surface area contributed by atoms with Crippen LogP contribution >= 0.6 is 11.8 Å². The monoisotopic (exact) mass is 394 g/mol. The molecule has 1 aromatic rings. The van der Waals surface area contributed by atoms with Crippen molar-refractivity contribution < 1.29 is 9.13 Å².